The second-order valence-electron chi connectivity index (χ2n) is 5.80. The van der Waals surface area contributed by atoms with Gasteiger partial charge in [0.25, 0.3) is 5.56 Å². The lowest BCUT2D eigenvalue weighted by Gasteiger charge is -2.23. The molecule has 1 aromatic heterocycles. The van der Waals surface area contributed by atoms with Crippen molar-refractivity contribution in [2.45, 2.75) is 25.9 Å². The molecule has 0 saturated heterocycles. The lowest BCUT2D eigenvalue weighted by atomic mass is 10.0. The summed E-state index contributed by atoms with van der Waals surface area (Å²) < 4.78 is 40.8. The quantitative estimate of drug-likeness (QED) is 0.841. The topological polar surface area (TPSA) is 25.2 Å². The van der Waals surface area contributed by atoms with Crippen molar-refractivity contribution in [1.82, 2.24) is 4.57 Å². The molecule has 23 heavy (non-hydrogen) atoms. The zero-order chi connectivity index (χ0) is 17.4. The molecule has 0 N–H and O–H groups in total. The Labute approximate surface area is 133 Å². The number of aromatic nitrogens is 1. The highest BCUT2D eigenvalue weighted by molar-refractivity contribution is 5.65. The van der Waals surface area contributed by atoms with Crippen LogP contribution in [0.2, 0.25) is 0 Å². The molecule has 6 heteroatoms. The van der Waals surface area contributed by atoms with Gasteiger partial charge in [0.2, 0.25) is 0 Å². The first-order valence-electron chi connectivity index (χ1n) is 7.23. The molecule has 0 aliphatic rings. The molecule has 0 amide bonds. The summed E-state index contributed by atoms with van der Waals surface area (Å²) in [5, 5.41) is 0. The first kappa shape index (κ1) is 17.1. The van der Waals surface area contributed by atoms with E-state index in [0.717, 1.165) is 22.4 Å². The Morgan fingerprint density at radius 3 is 2.13 bits per heavy atom. The maximum Gasteiger partial charge on any atom is 0.418 e. The van der Waals surface area contributed by atoms with E-state index in [2.05, 4.69) is 0 Å². The van der Waals surface area contributed by atoms with Crippen molar-refractivity contribution in [2.75, 3.05) is 11.9 Å². The molecule has 0 radical (unpaired) electrons. The standard InChI is InChI=1S/C17H19F3N2O/c1-11(2)12-5-7-13(8-6-12)22(4)15-14(17(18,19)20)9-10-21(3)16(15)23/h5-11H,1-4H3. The van der Waals surface area contributed by atoms with Crippen LogP contribution in [0, 0.1) is 0 Å². The molecule has 2 aromatic rings. The summed E-state index contributed by atoms with van der Waals surface area (Å²) in [7, 11) is 2.90. The highest BCUT2D eigenvalue weighted by atomic mass is 19.4. The summed E-state index contributed by atoms with van der Waals surface area (Å²) in [6.07, 6.45) is -3.46. The molecule has 3 nitrogen and oxygen atoms in total. The van der Waals surface area contributed by atoms with Gasteiger partial charge in [-0.1, -0.05) is 26.0 Å². The van der Waals surface area contributed by atoms with Gasteiger partial charge in [-0.3, -0.25) is 4.79 Å². The number of benzene rings is 1. The van der Waals surface area contributed by atoms with E-state index in [1.807, 2.05) is 26.0 Å². The fraction of sp³-hybridized carbons (Fsp3) is 0.353. The van der Waals surface area contributed by atoms with E-state index in [1.165, 1.54) is 19.0 Å². The van der Waals surface area contributed by atoms with Crippen LogP contribution in [-0.2, 0) is 13.2 Å². The number of anilines is 2. The molecular weight excluding hydrogens is 305 g/mol. The Hall–Kier alpha value is -2.24. The van der Waals surface area contributed by atoms with Crippen LogP contribution in [0.5, 0.6) is 0 Å². The van der Waals surface area contributed by atoms with E-state index in [-0.39, 0.29) is 5.69 Å². The minimum absolute atomic E-state index is 0.324. The summed E-state index contributed by atoms with van der Waals surface area (Å²) in [5.41, 5.74) is -0.381. The highest BCUT2D eigenvalue weighted by Crippen LogP contribution is 2.36. The minimum Gasteiger partial charge on any atom is -0.340 e. The molecule has 0 bridgehead atoms. The van der Waals surface area contributed by atoms with Crippen LogP contribution in [0.1, 0.15) is 30.9 Å². The Kier molecular flexibility index (Phi) is 4.54. The van der Waals surface area contributed by atoms with Crippen LogP contribution in [0.3, 0.4) is 0 Å². The molecule has 0 spiro atoms. The van der Waals surface area contributed by atoms with Gasteiger partial charge in [0.05, 0.1) is 5.56 Å². The molecule has 1 aromatic carbocycles. The van der Waals surface area contributed by atoms with Crippen molar-refractivity contribution in [2.24, 2.45) is 7.05 Å². The van der Waals surface area contributed by atoms with E-state index in [0.29, 0.717) is 11.6 Å². The third kappa shape index (κ3) is 3.41. The number of pyridine rings is 1. The van der Waals surface area contributed by atoms with Crippen LogP contribution in [0.15, 0.2) is 41.3 Å². The van der Waals surface area contributed by atoms with Gasteiger partial charge in [0, 0.05) is 26.0 Å². The normalized spacial score (nSPS) is 11.8. The second kappa shape index (κ2) is 6.10. The zero-order valence-corrected chi connectivity index (χ0v) is 13.5. The summed E-state index contributed by atoms with van der Waals surface area (Å²) in [5.74, 6) is 0.324. The predicted molar refractivity (Wildman–Crippen MR) is 85.3 cm³/mol. The zero-order valence-electron chi connectivity index (χ0n) is 13.5. The molecule has 0 atom stereocenters. The number of alkyl halides is 3. The average Bonchev–Trinajstić information content (AvgIpc) is 2.48. The SMILES string of the molecule is CC(C)c1ccc(N(C)c2c(C(F)(F)F)ccn(C)c2=O)cc1. The minimum atomic E-state index is -4.59. The lowest BCUT2D eigenvalue weighted by Crippen LogP contribution is -2.29. The van der Waals surface area contributed by atoms with Gasteiger partial charge in [-0.25, -0.2) is 0 Å². The second-order valence-corrected chi connectivity index (χ2v) is 5.80. The number of aryl methyl sites for hydroxylation is 1. The Morgan fingerprint density at radius 2 is 1.65 bits per heavy atom. The monoisotopic (exact) mass is 324 g/mol. The largest absolute Gasteiger partial charge is 0.418 e. The molecule has 0 aliphatic heterocycles. The van der Waals surface area contributed by atoms with Gasteiger partial charge in [-0.05, 0) is 29.7 Å². The molecular formula is C17H19F3N2O. The van der Waals surface area contributed by atoms with Crippen molar-refractivity contribution >= 4 is 11.4 Å². The van der Waals surface area contributed by atoms with Gasteiger partial charge in [-0.15, -0.1) is 0 Å². The van der Waals surface area contributed by atoms with E-state index < -0.39 is 17.3 Å². The van der Waals surface area contributed by atoms with Crippen molar-refractivity contribution in [3.05, 3.63) is 58.0 Å². The van der Waals surface area contributed by atoms with Gasteiger partial charge in [0.1, 0.15) is 5.69 Å². The first-order valence-corrected chi connectivity index (χ1v) is 7.23. The van der Waals surface area contributed by atoms with Crippen molar-refractivity contribution in [3.8, 4) is 0 Å². The Morgan fingerprint density at radius 1 is 1.09 bits per heavy atom. The van der Waals surface area contributed by atoms with Crippen LogP contribution < -0.4 is 10.5 Å². The molecule has 0 fully saturated rings. The molecule has 0 saturated carbocycles. The molecule has 124 valence electrons. The van der Waals surface area contributed by atoms with Crippen molar-refractivity contribution in [1.29, 1.82) is 0 Å². The number of nitrogens with zero attached hydrogens (tertiary/aromatic N) is 2. The first-order chi connectivity index (χ1) is 10.6. The predicted octanol–water partition coefficient (Wildman–Crippen LogP) is 4.30. The molecule has 1 heterocycles. The summed E-state index contributed by atoms with van der Waals surface area (Å²) in [4.78, 5) is 13.5. The Balaban J connectivity index is 2.56. The molecule has 2 rings (SSSR count). The van der Waals surface area contributed by atoms with Gasteiger partial charge in [0.15, 0.2) is 0 Å². The highest BCUT2D eigenvalue weighted by Gasteiger charge is 2.36. The molecule has 0 aliphatic carbocycles. The average molecular weight is 324 g/mol. The fourth-order valence-electron chi connectivity index (χ4n) is 2.38. The van der Waals surface area contributed by atoms with Gasteiger partial charge in [-0.2, -0.15) is 13.2 Å². The van der Waals surface area contributed by atoms with E-state index in [9.17, 15) is 18.0 Å². The Bertz CT molecular complexity index is 746. The van der Waals surface area contributed by atoms with E-state index in [4.69, 9.17) is 0 Å². The van der Waals surface area contributed by atoms with E-state index in [1.54, 1.807) is 12.1 Å². The van der Waals surface area contributed by atoms with Crippen LogP contribution in [0.25, 0.3) is 0 Å². The van der Waals surface area contributed by atoms with E-state index >= 15 is 0 Å². The number of halogens is 3. The number of hydrogen-bond acceptors (Lipinski definition) is 2. The number of rotatable bonds is 3. The summed E-state index contributed by atoms with van der Waals surface area (Å²) >= 11 is 0. The van der Waals surface area contributed by atoms with Crippen molar-refractivity contribution < 1.29 is 13.2 Å². The number of hydrogen-bond donors (Lipinski definition) is 0. The van der Waals surface area contributed by atoms with Gasteiger partial charge >= 0.3 is 6.18 Å². The smallest absolute Gasteiger partial charge is 0.340 e. The van der Waals surface area contributed by atoms with Crippen LogP contribution in [-0.4, -0.2) is 11.6 Å². The third-order valence-electron chi connectivity index (χ3n) is 3.83. The van der Waals surface area contributed by atoms with Crippen LogP contribution in [0.4, 0.5) is 24.5 Å². The summed E-state index contributed by atoms with van der Waals surface area (Å²) in [6, 6.07) is 8.09. The molecule has 0 unspecified atom stereocenters. The lowest BCUT2D eigenvalue weighted by molar-refractivity contribution is -0.137. The van der Waals surface area contributed by atoms with Crippen molar-refractivity contribution in [3.63, 3.8) is 0 Å². The fourth-order valence-corrected chi connectivity index (χ4v) is 2.38. The third-order valence-corrected chi connectivity index (χ3v) is 3.83. The van der Waals surface area contributed by atoms with Gasteiger partial charge < -0.3 is 9.47 Å². The maximum atomic E-state index is 13.2. The summed E-state index contributed by atoms with van der Waals surface area (Å²) in [6.45, 7) is 4.07. The van der Waals surface area contributed by atoms with Crippen LogP contribution >= 0.6 is 0 Å². The maximum absolute atomic E-state index is 13.2.